The Balaban J connectivity index is 1.63. The lowest BCUT2D eigenvalue weighted by Gasteiger charge is -2.30. The first-order valence-corrected chi connectivity index (χ1v) is 12.1. The van der Waals surface area contributed by atoms with E-state index in [-0.39, 0.29) is 31.8 Å². The van der Waals surface area contributed by atoms with E-state index in [0.717, 1.165) is 11.1 Å². The van der Waals surface area contributed by atoms with Gasteiger partial charge in [-0.3, -0.25) is 4.79 Å². The average Bonchev–Trinajstić information content (AvgIpc) is 3.47. The molecule has 1 atom stereocenters. The molecule has 0 radical (unpaired) electrons. The van der Waals surface area contributed by atoms with Crippen LogP contribution in [0, 0.1) is 0 Å². The Labute approximate surface area is 215 Å². The molecule has 1 N–H and O–H groups in total. The summed E-state index contributed by atoms with van der Waals surface area (Å²) in [6.07, 6.45) is 0.460. The maximum Gasteiger partial charge on any atom is 0.318 e. The second kappa shape index (κ2) is 10.8. The van der Waals surface area contributed by atoms with E-state index in [0.29, 0.717) is 35.3 Å². The zero-order valence-electron chi connectivity index (χ0n) is 20.9. The van der Waals surface area contributed by atoms with E-state index >= 15 is 0 Å². The van der Waals surface area contributed by atoms with Crippen molar-refractivity contribution >= 4 is 29.3 Å². The normalized spacial score (nSPS) is 16.6. The molecule has 3 amide bonds. The molecule has 0 unspecified atom stereocenters. The molecule has 2 aromatic rings. The topological polar surface area (TPSA) is 92.7 Å². The van der Waals surface area contributed by atoms with E-state index < -0.39 is 11.6 Å². The Morgan fingerprint density at radius 2 is 1.94 bits per heavy atom. The molecule has 2 aromatic carbocycles. The molecular formula is C26H31ClN4O5. The van der Waals surface area contributed by atoms with Crippen LogP contribution in [0.2, 0.25) is 5.02 Å². The Hall–Kier alpha value is -3.30. The molecular weight excluding hydrogens is 484 g/mol. The SMILES string of the molecule is COCCN(CC(=O)N1N=C(c2ccccc2Cl)C[C@@H]1c1ccc2c(c1)OCO2)C(=O)NC(C)(C)C. The van der Waals surface area contributed by atoms with Crippen molar-refractivity contribution in [1.82, 2.24) is 15.2 Å². The third kappa shape index (κ3) is 5.91. The summed E-state index contributed by atoms with van der Waals surface area (Å²) in [6.45, 7) is 6.21. The van der Waals surface area contributed by atoms with Crippen molar-refractivity contribution in [3.05, 3.63) is 58.6 Å². The van der Waals surface area contributed by atoms with Crippen LogP contribution in [-0.2, 0) is 9.53 Å². The van der Waals surface area contributed by atoms with Crippen LogP contribution in [0.15, 0.2) is 47.6 Å². The molecule has 192 valence electrons. The summed E-state index contributed by atoms with van der Waals surface area (Å²) in [5.41, 5.74) is 1.85. The summed E-state index contributed by atoms with van der Waals surface area (Å²) < 4.78 is 16.2. The molecule has 2 aliphatic rings. The van der Waals surface area contributed by atoms with Crippen molar-refractivity contribution in [2.75, 3.05) is 33.6 Å². The number of hydrazone groups is 1. The number of rotatable bonds is 7. The predicted octanol–water partition coefficient (Wildman–Crippen LogP) is 4.20. The molecule has 0 spiro atoms. The average molecular weight is 515 g/mol. The van der Waals surface area contributed by atoms with E-state index in [1.165, 1.54) is 9.91 Å². The molecule has 0 saturated carbocycles. The number of amides is 3. The summed E-state index contributed by atoms with van der Waals surface area (Å²) in [5, 5.41) is 9.61. The van der Waals surface area contributed by atoms with Gasteiger partial charge in [-0.15, -0.1) is 0 Å². The van der Waals surface area contributed by atoms with Crippen LogP contribution in [0.25, 0.3) is 0 Å². The molecule has 10 heteroatoms. The van der Waals surface area contributed by atoms with Gasteiger partial charge in [0.2, 0.25) is 6.79 Å². The standard InChI is InChI=1S/C26H31ClN4O5/c1-26(2,3)28-25(33)30(11-12-34-4)15-24(32)31-21(17-9-10-22-23(13-17)36-16-35-22)14-20(29-31)18-7-5-6-8-19(18)27/h5-10,13,21H,11-12,14-16H2,1-4H3,(H,28,33)/t21-/m1/s1. The number of carbonyl (C=O) groups excluding carboxylic acids is 2. The fourth-order valence-electron chi connectivity index (χ4n) is 4.07. The number of fused-ring (bicyclic) bond motifs is 1. The number of hydrogen-bond acceptors (Lipinski definition) is 6. The molecule has 36 heavy (non-hydrogen) atoms. The Morgan fingerprint density at radius 1 is 1.19 bits per heavy atom. The summed E-state index contributed by atoms with van der Waals surface area (Å²) >= 11 is 6.45. The van der Waals surface area contributed by atoms with E-state index in [9.17, 15) is 9.59 Å². The first-order valence-electron chi connectivity index (χ1n) is 11.8. The van der Waals surface area contributed by atoms with Crippen LogP contribution >= 0.6 is 11.6 Å². The van der Waals surface area contributed by atoms with Crippen LogP contribution in [0.5, 0.6) is 11.5 Å². The van der Waals surface area contributed by atoms with Gasteiger partial charge in [-0.25, -0.2) is 9.80 Å². The number of halogens is 1. The Morgan fingerprint density at radius 3 is 2.67 bits per heavy atom. The monoisotopic (exact) mass is 514 g/mol. The highest BCUT2D eigenvalue weighted by Gasteiger charge is 2.36. The molecule has 0 bridgehead atoms. The van der Waals surface area contributed by atoms with Gasteiger partial charge in [-0.1, -0.05) is 35.9 Å². The van der Waals surface area contributed by atoms with Crippen LogP contribution in [0.3, 0.4) is 0 Å². The maximum absolute atomic E-state index is 13.6. The summed E-state index contributed by atoms with van der Waals surface area (Å²) in [5.74, 6) is 0.962. The number of ether oxygens (including phenoxy) is 3. The number of nitrogens with zero attached hydrogens (tertiary/aromatic N) is 3. The van der Waals surface area contributed by atoms with E-state index in [2.05, 4.69) is 5.32 Å². The lowest BCUT2D eigenvalue weighted by molar-refractivity contribution is -0.133. The van der Waals surface area contributed by atoms with Gasteiger partial charge >= 0.3 is 6.03 Å². The first-order chi connectivity index (χ1) is 17.2. The molecule has 2 heterocycles. The molecule has 9 nitrogen and oxygen atoms in total. The smallest absolute Gasteiger partial charge is 0.318 e. The zero-order chi connectivity index (χ0) is 25.9. The van der Waals surface area contributed by atoms with Gasteiger partial charge in [0.15, 0.2) is 11.5 Å². The van der Waals surface area contributed by atoms with Gasteiger partial charge in [0.25, 0.3) is 5.91 Å². The van der Waals surface area contributed by atoms with Crippen LogP contribution in [0.4, 0.5) is 4.79 Å². The fourth-order valence-corrected chi connectivity index (χ4v) is 4.31. The lowest BCUT2D eigenvalue weighted by atomic mass is 9.98. The zero-order valence-corrected chi connectivity index (χ0v) is 21.7. The quantitative estimate of drug-likeness (QED) is 0.597. The minimum atomic E-state index is -0.455. The molecule has 0 aliphatic carbocycles. The highest BCUT2D eigenvalue weighted by atomic mass is 35.5. The number of hydrogen-bond donors (Lipinski definition) is 1. The van der Waals surface area contributed by atoms with Crippen molar-refractivity contribution in [3.63, 3.8) is 0 Å². The minimum Gasteiger partial charge on any atom is -0.454 e. The van der Waals surface area contributed by atoms with Crippen LogP contribution < -0.4 is 14.8 Å². The Bertz CT molecular complexity index is 1160. The lowest BCUT2D eigenvalue weighted by Crippen LogP contribution is -2.52. The molecule has 0 saturated heterocycles. The Kier molecular flexibility index (Phi) is 7.70. The van der Waals surface area contributed by atoms with Crippen molar-refractivity contribution in [1.29, 1.82) is 0 Å². The van der Waals surface area contributed by atoms with Gasteiger partial charge in [0.05, 0.1) is 18.4 Å². The van der Waals surface area contributed by atoms with Crippen molar-refractivity contribution in [2.45, 2.75) is 38.8 Å². The number of nitrogens with one attached hydrogen (secondary N) is 1. The van der Waals surface area contributed by atoms with Crippen LogP contribution in [0.1, 0.15) is 44.4 Å². The highest BCUT2D eigenvalue weighted by Crippen LogP contribution is 2.39. The third-order valence-corrected chi connectivity index (χ3v) is 6.12. The van der Waals surface area contributed by atoms with Gasteiger partial charge in [0.1, 0.15) is 6.54 Å². The summed E-state index contributed by atoms with van der Waals surface area (Å²) in [4.78, 5) is 28.0. The second-order valence-electron chi connectivity index (χ2n) is 9.69. The summed E-state index contributed by atoms with van der Waals surface area (Å²) in [6, 6.07) is 12.3. The van der Waals surface area contributed by atoms with Crippen LogP contribution in [-0.4, -0.2) is 66.7 Å². The largest absolute Gasteiger partial charge is 0.454 e. The van der Waals surface area contributed by atoms with Crippen molar-refractivity contribution < 1.29 is 23.8 Å². The number of carbonyl (C=O) groups is 2. The minimum absolute atomic E-state index is 0.158. The van der Waals surface area contributed by atoms with Gasteiger partial charge in [0, 0.05) is 36.2 Å². The number of methoxy groups -OCH3 is 1. The molecule has 0 aromatic heterocycles. The maximum atomic E-state index is 13.6. The second-order valence-corrected chi connectivity index (χ2v) is 10.1. The molecule has 0 fully saturated rings. The fraction of sp³-hybridized carbons (Fsp3) is 0.423. The number of urea groups is 1. The van der Waals surface area contributed by atoms with Crippen molar-refractivity contribution in [3.8, 4) is 11.5 Å². The molecule has 2 aliphatic heterocycles. The molecule has 4 rings (SSSR count). The van der Waals surface area contributed by atoms with E-state index in [4.69, 9.17) is 30.9 Å². The first kappa shape index (κ1) is 25.8. The van der Waals surface area contributed by atoms with Gasteiger partial charge < -0.3 is 24.4 Å². The third-order valence-electron chi connectivity index (χ3n) is 5.79. The van der Waals surface area contributed by atoms with E-state index in [1.807, 2.05) is 57.2 Å². The van der Waals surface area contributed by atoms with Crippen molar-refractivity contribution in [2.24, 2.45) is 5.10 Å². The summed E-state index contributed by atoms with van der Waals surface area (Å²) in [7, 11) is 1.55. The predicted molar refractivity (Wildman–Crippen MR) is 136 cm³/mol. The highest BCUT2D eigenvalue weighted by molar-refractivity contribution is 6.34. The van der Waals surface area contributed by atoms with Gasteiger partial charge in [-0.2, -0.15) is 5.10 Å². The van der Waals surface area contributed by atoms with E-state index in [1.54, 1.807) is 13.2 Å². The number of benzene rings is 2. The van der Waals surface area contributed by atoms with Gasteiger partial charge in [-0.05, 0) is 44.5 Å².